The zero-order valence-electron chi connectivity index (χ0n) is 9.39. The van der Waals surface area contributed by atoms with Crippen LogP contribution in [0.3, 0.4) is 0 Å². The fourth-order valence-corrected chi connectivity index (χ4v) is 0.895. The quantitative estimate of drug-likeness (QED) is 0.463. The molecule has 1 atom stereocenters. The Morgan fingerprint density at radius 3 is 2.25 bits per heavy atom. The second-order valence-corrected chi connectivity index (χ2v) is 4.17. The molecule has 0 amide bonds. The van der Waals surface area contributed by atoms with E-state index in [9.17, 15) is 18.0 Å². The first kappa shape index (κ1) is 14.7. The molecule has 0 saturated heterocycles. The van der Waals surface area contributed by atoms with Crippen LogP contribution in [0.5, 0.6) is 0 Å². The topological polar surface area (TPSA) is 50.7 Å². The van der Waals surface area contributed by atoms with Crippen LogP contribution >= 0.6 is 0 Å². The van der Waals surface area contributed by atoms with Crippen molar-refractivity contribution < 1.29 is 22.7 Å². The van der Waals surface area contributed by atoms with E-state index >= 15 is 0 Å². The molecule has 0 aliphatic rings. The summed E-state index contributed by atoms with van der Waals surface area (Å²) in [6.45, 7) is 7.61. The normalized spacial score (nSPS) is 14.1. The number of nitrogens with zero attached hydrogens (tertiary/aromatic N) is 1. The van der Waals surface area contributed by atoms with Crippen LogP contribution in [-0.4, -0.2) is 30.5 Å². The zero-order chi connectivity index (χ0) is 13.0. The number of carbonyl (C=O) groups is 1. The van der Waals surface area contributed by atoms with Crippen molar-refractivity contribution >= 4 is 12.7 Å². The Hall–Kier alpha value is -1.27. The average Bonchev–Trinajstić information content (AvgIpc) is 1.97. The number of hydrazone groups is 1. The second-order valence-electron chi connectivity index (χ2n) is 4.17. The number of rotatable bonds is 4. The largest absolute Gasteiger partial charge is 0.460 e. The van der Waals surface area contributed by atoms with E-state index in [1.807, 2.05) is 0 Å². The minimum atomic E-state index is -4.57. The molecule has 0 aromatic carbocycles. The summed E-state index contributed by atoms with van der Waals surface area (Å²) in [4.78, 5) is 11.2. The van der Waals surface area contributed by atoms with Crippen molar-refractivity contribution in [2.75, 3.05) is 0 Å². The van der Waals surface area contributed by atoms with E-state index in [2.05, 4.69) is 11.8 Å². The smallest absolute Gasteiger partial charge is 0.410 e. The number of halogens is 3. The molecule has 7 heteroatoms. The number of nitrogens with one attached hydrogen (secondary N) is 1. The standard InChI is InChI=1S/C9H15F3N2O2/c1-8(2,3)16-7(15)5-6(14-13-4)9(10,11)12/h6,14H,4-5H2,1-3H3. The van der Waals surface area contributed by atoms with Gasteiger partial charge in [-0.25, -0.2) is 0 Å². The van der Waals surface area contributed by atoms with Gasteiger partial charge in [0.15, 0.2) is 0 Å². The molecule has 94 valence electrons. The van der Waals surface area contributed by atoms with E-state index in [1.165, 1.54) is 0 Å². The third-order valence-corrected chi connectivity index (χ3v) is 1.43. The van der Waals surface area contributed by atoms with Gasteiger partial charge in [-0.1, -0.05) is 0 Å². The highest BCUT2D eigenvalue weighted by atomic mass is 19.4. The van der Waals surface area contributed by atoms with Gasteiger partial charge in [0.25, 0.3) is 0 Å². The van der Waals surface area contributed by atoms with Gasteiger partial charge in [0.1, 0.15) is 11.6 Å². The first-order valence-corrected chi connectivity index (χ1v) is 4.56. The number of esters is 1. The Morgan fingerprint density at radius 1 is 1.44 bits per heavy atom. The van der Waals surface area contributed by atoms with Gasteiger partial charge in [0, 0.05) is 6.72 Å². The van der Waals surface area contributed by atoms with Gasteiger partial charge >= 0.3 is 12.1 Å². The molecule has 0 rings (SSSR count). The molecule has 16 heavy (non-hydrogen) atoms. The third kappa shape index (κ3) is 6.26. The van der Waals surface area contributed by atoms with Gasteiger partial charge in [0.2, 0.25) is 0 Å². The number of ether oxygens (including phenoxy) is 1. The maximum Gasteiger partial charge on any atom is 0.410 e. The Balaban J connectivity index is 4.42. The molecule has 0 aromatic heterocycles. The van der Waals surface area contributed by atoms with Gasteiger partial charge in [-0.2, -0.15) is 18.3 Å². The summed E-state index contributed by atoms with van der Waals surface area (Å²) in [5.74, 6) is -0.939. The maximum absolute atomic E-state index is 12.3. The highest BCUT2D eigenvalue weighted by molar-refractivity contribution is 5.70. The fraction of sp³-hybridized carbons (Fsp3) is 0.778. The molecule has 0 fully saturated rings. The molecule has 0 radical (unpaired) electrons. The first-order chi connectivity index (χ1) is 7.06. The molecular weight excluding hydrogens is 225 g/mol. The Kier molecular flexibility index (Phi) is 4.77. The SMILES string of the molecule is C=NNC(CC(=O)OC(C)(C)C)C(F)(F)F. The third-order valence-electron chi connectivity index (χ3n) is 1.43. The summed E-state index contributed by atoms with van der Waals surface area (Å²) in [7, 11) is 0. The van der Waals surface area contributed by atoms with Crippen LogP contribution in [-0.2, 0) is 9.53 Å². The van der Waals surface area contributed by atoms with Crippen LogP contribution in [0.25, 0.3) is 0 Å². The van der Waals surface area contributed by atoms with Crippen LogP contribution in [0.15, 0.2) is 5.10 Å². The van der Waals surface area contributed by atoms with E-state index < -0.39 is 30.2 Å². The molecule has 0 spiro atoms. The Bertz CT molecular complexity index is 258. The maximum atomic E-state index is 12.3. The molecule has 0 aliphatic carbocycles. The minimum absolute atomic E-state index is 0.811. The lowest BCUT2D eigenvalue weighted by atomic mass is 10.1. The second kappa shape index (κ2) is 5.18. The number of carbonyl (C=O) groups excluding carboxylic acids is 1. The Morgan fingerprint density at radius 2 is 1.94 bits per heavy atom. The van der Waals surface area contributed by atoms with Crippen LogP contribution < -0.4 is 5.43 Å². The first-order valence-electron chi connectivity index (χ1n) is 4.56. The summed E-state index contributed by atoms with van der Waals surface area (Å²) in [6.07, 6.45) is -5.40. The van der Waals surface area contributed by atoms with Gasteiger partial charge in [-0.3, -0.25) is 10.2 Å². The molecule has 4 nitrogen and oxygen atoms in total. The van der Waals surface area contributed by atoms with Crippen molar-refractivity contribution in [2.45, 2.75) is 45.0 Å². The summed E-state index contributed by atoms with van der Waals surface area (Å²) in [6, 6.07) is -2.07. The molecule has 0 saturated carbocycles. The number of hydrogen-bond acceptors (Lipinski definition) is 4. The molecular formula is C9H15F3N2O2. The lowest BCUT2D eigenvalue weighted by Crippen LogP contribution is -2.42. The van der Waals surface area contributed by atoms with Crippen LogP contribution in [0.2, 0.25) is 0 Å². The molecule has 0 heterocycles. The predicted octanol–water partition coefficient (Wildman–Crippen LogP) is 1.85. The lowest BCUT2D eigenvalue weighted by molar-refractivity contribution is -0.175. The molecule has 0 aliphatic heterocycles. The minimum Gasteiger partial charge on any atom is -0.460 e. The van der Waals surface area contributed by atoms with Crippen molar-refractivity contribution in [1.29, 1.82) is 0 Å². The van der Waals surface area contributed by atoms with Crippen LogP contribution in [0, 0.1) is 0 Å². The predicted molar refractivity (Wildman–Crippen MR) is 53.0 cm³/mol. The van der Waals surface area contributed by atoms with Crippen molar-refractivity contribution in [3.8, 4) is 0 Å². The van der Waals surface area contributed by atoms with Crippen molar-refractivity contribution in [3.05, 3.63) is 0 Å². The monoisotopic (exact) mass is 240 g/mol. The summed E-state index contributed by atoms with van der Waals surface area (Å²) in [5, 5.41) is 2.92. The Labute approximate surface area is 91.8 Å². The molecule has 0 aromatic rings. The van der Waals surface area contributed by atoms with E-state index in [4.69, 9.17) is 4.74 Å². The molecule has 1 unspecified atom stereocenters. The number of alkyl halides is 3. The van der Waals surface area contributed by atoms with Gasteiger partial charge in [-0.15, -0.1) is 0 Å². The van der Waals surface area contributed by atoms with Gasteiger partial charge < -0.3 is 4.74 Å². The number of hydrogen-bond donors (Lipinski definition) is 1. The lowest BCUT2D eigenvalue weighted by Gasteiger charge is -2.23. The summed E-state index contributed by atoms with van der Waals surface area (Å²) < 4.78 is 41.8. The van der Waals surface area contributed by atoms with Gasteiger partial charge in [-0.05, 0) is 20.8 Å². The van der Waals surface area contributed by atoms with Crippen LogP contribution in [0.4, 0.5) is 13.2 Å². The van der Waals surface area contributed by atoms with Crippen molar-refractivity contribution in [3.63, 3.8) is 0 Å². The van der Waals surface area contributed by atoms with E-state index in [-0.39, 0.29) is 0 Å². The zero-order valence-corrected chi connectivity index (χ0v) is 9.39. The van der Waals surface area contributed by atoms with E-state index in [0.717, 1.165) is 0 Å². The van der Waals surface area contributed by atoms with Crippen molar-refractivity contribution in [2.24, 2.45) is 5.10 Å². The van der Waals surface area contributed by atoms with E-state index in [1.54, 1.807) is 26.2 Å². The summed E-state index contributed by atoms with van der Waals surface area (Å²) >= 11 is 0. The molecule has 1 N–H and O–H groups in total. The average molecular weight is 240 g/mol. The van der Waals surface area contributed by atoms with Crippen molar-refractivity contribution in [1.82, 2.24) is 5.43 Å². The van der Waals surface area contributed by atoms with Crippen LogP contribution in [0.1, 0.15) is 27.2 Å². The molecule has 0 bridgehead atoms. The van der Waals surface area contributed by atoms with E-state index in [0.29, 0.717) is 0 Å². The highest BCUT2D eigenvalue weighted by Gasteiger charge is 2.41. The summed E-state index contributed by atoms with van der Waals surface area (Å²) in [5.41, 5.74) is 0.917. The van der Waals surface area contributed by atoms with Gasteiger partial charge in [0.05, 0.1) is 6.42 Å². The fourth-order valence-electron chi connectivity index (χ4n) is 0.895. The highest BCUT2D eigenvalue weighted by Crippen LogP contribution is 2.23.